The number of allylic oxidation sites excluding steroid dienone is 1. The number of thioether (sulfide) groups is 1. The van der Waals surface area contributed by atoms with Crippen molar-refractivity contribution in [3.8, 4) is 6.07 Å². The summed E-state index contributed by atoms with van der Waals surface area (Å²) in [5.74, 6) is 0.861. The van der Waals surface area contributed by atoms with Crippen LogP contribution in [0.5, 0.6) is 0 Å². The molecule has 2 aromatic heterocycles. The van der Waals surface area contributed by atoms with Gasteiger partial charge in [0.05, 0.1) is 11.5 Å². The summed E-state index contributed by atoms with van der Waals surface area (Å²) in [7, 11) is 0. The molecule has 0 aliphatic heterocycles. The van der Waals surface area contributed by atoms with Crippen LogP contribution in [0.15, 0.2) is 22.6 Å². The van der Waals surface area contributed by atoms with E-state index in [4.69, 9.17) is 5.26 Å². The molecule has 0 amide bonds. The molecule has 0 aliphatic carbocycles. The van der Waals surface area contributed by atoms with E-state index in [1.807, 2.05) is 13.8 Å². The second-order valence-corrected chi connectivity index (χ2v) is 7.29. The lowest BCUT2D eigenvalue weighted by molar-refractivity contribution is 0.671. The number of hydrogen-bond acceptors (Lipinski definition) is 5. The van der Waals surface area contributed by atoms with Crippen LogP contribution in [-0.2, 0) is 6.54 Å². The first-order valence-electron chi connectivity index (χ1n) is 7.21. The van der Waals surface area contributed by atoms with Crippen LogP contribution in [0.25, 0.3) is 10.2 Å². The van der Waals surface area contributed by atoms with E-state index in [1.54, 1.807) is 33.7 Å². The molecule has 0 N–H and O–H groups in total. The van der Waals surface area contributed by atoms with Gasteiger partial charge < -0.3 is 0 Å². The van der Waals surface area contributed by atoms with Crippen LogP contribution in [-0.4, -0.2) is 15.3 Å². The number of aryl methyl sites for hydroxylation is 2. The molecule has 2 rings (SSSR count). The Morgan fingerprint density at radius 2 is 2.23 bits per heavy atom. The van der Waals surface area contributed by atoms with Crippen LogP contribution >= 0.6 is 23.1 Å². The zero-order chi connectivity index (χ0) is 16.1. The molecule has 116 valence electrons. The van der Waals surface area contributed by atoms with Gasteiger partial charge in [0.25, 0.3) is 5.56 Å². The van der Waals surface area contributed by atoms with Crippen LogP contribution in [0.3, 0.4) is 0 Å². The van der Waals surface area contributed by atoms with Gasteiger partial charge in [-0.05, 0) is 32.3 Å². The van der Waals surface area contributed by atoms with E-state index >= 15 is 0 Å². The minimum absolute atomic E-state index is 0.0197. The van der Waals surface area contributed by atoms with Crippen LogP contribution < -0.4 is 5.56 Å². The Bertz CT molecular complexity index is 783. The fourth-order valence-electron chi connectivity index (χ4n) is 2.18. The first-order valence-corrected chi connectivity index (χ1v) is 9.01. The molecule has 0 fully saturated rings. The summed E-state index contributed by atoms with van der Waals surface area (Å²) in [6, 6.07) is 2.15. The van der Waals surface area contributed by atoms with E-state index in [1.165, 1.54) is 0 Å². The zero-order valence-corrected chi connectivity index (χ0v) is 14.5. The Hall–Kier alpha value is -1.58. The minimum Gasteiger partial charge on any atom is -0.283 e. The highest BCUT2D eigenvalue weighted by atomic mass is 32.2. The Balaban J connectivity index is 2.35. The Morgan fingerprint density at radius 3 is 2.91 bits per heavy atom. The summed E-state index contributed by atoms with van der Waals surface area (Å²) in [6.45, 7) is 8.20. The van der Waals surface area contributed by atoms with Gasteiger partial charge in [0, 0.05) is 23.6 Å². The van der Waals surface area contributed by atoms with Crippen LogP contribution in [0, 0.1) is 25.2 Å². The third-order valence-corrected chi connectivity index (χ3v) is 5.64. The summed E-state index contributed by atoms with van der Waals surface area (Å²) < 4.78 is 1.70. The highest BCUT2D eigenvalue weighted by Crippen LogP contribution is 2.28. The molecule has 0 saturated carbocycles. The topological polar surface area (TPSA) is 58.7 Å². The smallest absolute Gasteiger partial charge is 0.263 e. The van der Waals surface area contributed by atoms with Gasteiger partial charge in [-0.1, -0.05) is 17.8 Å². The number of nitriles is 1. The molecule has 0 bridgehead atoms. The fourth-order valence-corrected chi connectivity index (χ4v) is 4.26. The average molecular weight is 333 g/mol. The minimum atomic E-state index is 0.0197. The monoisotopic (exact) mass is 333 g/mol. The van der Waals surface area contributed by atoms with Gasteiger partial charge >= 0.3 is 0 Å². The molecule has 0 radical (unpaired) electrons. The van der Waals surface area contributed by atoms with E-state index in [2.05, 4.69) is 17.6 Å². The van der Waals surface area contributed by atoms with Crippen molar-refractivity contribution in [1.29, 1.82) is 5.26 Å². The molecule has 0 saturated heterocycles. The van der Waals surface area contributed by atoms with Gasteiger partial charge in [-0.25, -0.2) is 4.98 Å². The summed E-state index contributed by atoms with van der Waals surface area (Å²) in [6.07, 6.45) is 4.14. The Morgan fingerprint density at radius 1 is 1.45 bits per heavy atom. The quantitative estimate of drug-likeness (QED) is 0.332. The van der Waals surface area contributed by atoms with Crippen LogP contribution in [0.4, 0.5) is 0 Å². The number of unbranched alkanes of at least 4 members (excludes halogenated alkanes) is 2. The lowest BCUT2D eigenvalue weighted by Gasteiger charge is -2.10. The largest absolute Gasteiger partial charge is 0.283 e. The van der Waals surface area contributed by atoms with Crippen molar-refractivity contribution in [2.24, 2.45) is 0 Å². The number of hydrogen-bond donors (Lipinski definition) is 0. The number of thiophene rings is 1. The van der Waals surface area contributed by atoms with Crippen molar-refractivity contribution in [2.75, 3.05) is 5.75 Å². The highest BCUT2D eigenvalue weighted by Gasteiger charge is 2.15. The summed E-state index contributed by atoms with van der Waals surface area (Å²) in [4.78, 5) is 19.4. The molecular weight excluding hydrogens is 314 g/mol. The maximum atomic E-state index is 12.7. The number of rotatable bonds is 7. The Kier molecular flexibility index (Phi) is 5.81. The van der Waals surface area contributed by atoms with Gasteiger partial charge in [-0.2, -0.15) is 5.26 Å². The zero-order valence-electron chi connectivity index (χ0n) is 12.9. The van der Waals surface area contributed by atoms with Gasteiger partial charge in [0.2, 0.25) is 0 Å². The second kappa shape index (κ2) is 7.61. The predicted octanol–water partition coefficient (Wildman–Crippen LogP) is 4.05. The third kappa shape index (κ3) is 3.42. The van der Waals surface area contributed by atoms with Crippen molar-refractivity contribution >= 4 is 33.3 Å². The summed E-state index contributed by atoms with van der Waals surface area (Å²) in [5, 5.41) is 10.0. The molecule has 0 aliphatic rings. The molecule has 0 aromatic carbocycles. The molecule has 0 spiro atoms. The van der Waals surface area contributed by atoms with Gasteiger partial charge in [-0.15, -0.1) is 17.9 Å². The van der Waals surface area contributed by atoms with Gasteiger partial charge in [0.1, 0.15) is 4.83 Å². The number of fused-ring (bicyclic) bond motifs is 1. The first kappa shape index (κ1) is 16.8. The van der Waals surface area contributed by atoms with Crippen molar-refractivity contribution in [2.45, 2.75) is 44.8 Å². The van der Waals surface area contributed by atoms with E-state index in [9.17, 15) is 4.79 Å². The molecule has 4 nitrogen and oxygen atoms in total. The van der Waals surface area contributed by atoms with Crippen molar-refractivity contribution in [3.63, 3.8) is 0 Å². The van der Waals surface area contributed by atoms with Crippen molar-refractivity contribution < 1.29 is 0 Å². The first-order chi connectivity index (χ1) is 10.6. The SMILES string of the molecule is C=CCn1c(SCCCCC#N)nc2sc(C)c(C)c2c1=O. The number of nitrogens with zero attached hydrogens (tertiary/aromatic N) is 3. The summed E-state index contributed by atoms with van der Waals surface area (Å²) in [5.41, 5.74) is 1.05. The number of aromatic nitrogens is 2. The molecular formula is C16H19N3OS2. The molecule has 2 heterocycles. The van der Waals surface area contributed by atoms with E-state index in [0.29, 0.717) is 13.0 Å². The van der Waals surface area contributed by atoms with E-state index in [0.717, 1.165) is 44.4 Å². The molecule has 6 heteroatoms. The highest BCUT2D eigenvalue weighted by molar-refractivity contribution is 7.99. The second-order valence-electron chi connectivity index (χ2n) is 5.03. The van der Waals surface area contributed by atoms with Crippen molar-refractivity contribution in [1.82, 2.24) is 9.55 Å². The Labute approximate surface area is 138 Å². The van der Waals surface area contributed by atoms with E-state index < -0.39 is 0 Å². The van der Waals surface area contributed by atoms with Gasteiger partial charge in [0.15, 0.2) is 5.16 Å². The lowest BCUT2D eigenvalue weighted by atomic mass is 10.2. The van der Waals surface area contributed by atoms with Gasteiger partial charge in [-0.3, -0.25) is 9.36 Å². The predicted molar refractivity (Wildman–Crippen MR) is 93.7 cm³/mol. The normalized spacial score (nSPS) is 10.8. The third-order valence-electron chi connectivity index (χ3n) is 3.48. The lowest BCUT2D eigenvalue weighted by Crippen LogP contribution is -2.22. The molecule has 0 atom stereocenters. The maximum Gasteiger partial charge on any atom is 0.263 e. The fraction of sp³-hybridized carbons (Fsp3) is 0.438. The van der Waals surface area contributed by atoms with E-state index in [-0.39, 0.29) is 5.56 Å². The standard InChI is InChI=1S/C16H19N3OS2/c1-4-9-19-15(20)13-11(2)12(3)22-14(13)18-16(19)21-10-7-5-6-8-17/h4H,1,5-7,9-10H2,2-3H3. The van der Waals surface area contributed by atoms with Crippen LogP contribution in [0.1, 0.15) is 29.7 Å². The summed E-state index contributed by atoms with van der Waals surface area (Å²) >= 11 is 3.16. The molecule has 2 aromatic rings. The molecule has 22 heavy (non-hydrogen) atoms. The average Bonchev–Trinajstić information content (AvgIpc) is 2.77. The van der Waals surface area contributed by atoms with Crippen LogP contribution in [0.2, 0.25) is 0 Å². The molecule has 0 unspecified atom stereocenters. The maximum absolute atomic E-state index is 12.7. The van der Waals surface area contributed by atoms with Crippen molar-refractivity contribution in [3.05, 3.63) is 33.4 Å².